The molecule has 1 N–H and O–H groups in total. The molecule has 1 saturated carbocycles. The minimum atomic E-state index is 0.501. The van der Waals surface area contributed by atoms with Gasteiger partial charge in [-0.2, -0.15) is 5.10 Å². The quantitative estimate of drug-likeness (QED) is 0.758. The van der Waals surface area contributed by atoms with E-state index in [1.165, 1.54) is 24.8 Å². The summed E-state index contributed by atoms with van der Waals surface area (Å²) in [5, 5.41) is 7.54. The fraction of sp³-hybridized carbons (Fsp3) is 0.700. The lowest BCUT2D eigenvalue weighted by molar-refractivity contribution is 0.514. The van der Waals surface area contributed by atoms with Gasteiger partial charge < -0.3 is 5.32 Å². The van der Waals surface area contributed by atoms with Crippen molar-refractivity contribution in [2.75, 3.05) is 7.05 Å². The van der Waals surface area contributed by atoms with Crippen molar-refractivity contribution in [1.82, 2.24) is 15.1 Å². The average molecular weight is 179 g/mol. The van der Waals surface area contributed by atoms with Crippen LogP contribution in [0.25, 0.3) is 0 Å². The normalized spacial score (nSPS) is 18.9. The third kappa shape index (κ3) is 2.10. The number of aromatic nitrogens is 2. The monoisotopic (exact) mass is 179 g/mol. The molecule has 0 aromatic carbocycles. The number of aryl methyl sites for hydroxylation is 1. The molecule has 0 spiro atoms. The molecular weight excluding hydrogens is 162 g/mol. The van der Waals surface area contributed by atoms with Gasteiger partial charge in [0.15, 0.2) is 0 Å². The maximum atomic E-state index is 4.19. The predicted octanol–water partition coefficient (Wildman–Crippen LogP) is 1.48. The highest BCUT2D eigenvalue weighted by Gasteiger charge is 2.25. The number of nitrogens with one attached hydrogen (secondary N) is 1. The van der Waals surface area contributed by atoms with Gasteiger partial charge in [0.25, 0.3) is 0 Å². The molecule has 72 valence electrons. The largest absolute Gasteiger partial charge is 0.313 e. The molecule has 0 amide bonds. The first-order valence-electron chi connectivity index (χ1n) is 4.95. The maximum Gasteiger partial charge on any atom is 0.0537 e. The molecule has 0 aliphatic heterocycles. The van der Waals surface area contributed by atoms with Gasteiger partial charge in [0.2, 0.25) is 0 Å². The van der Waals surface area contributed by atoms with Crippen molar-refractivity contribution in [2.45, 2.75) is 25.3 Å². The number of hydrogen-bond acceptors (Lipinski definition) is 2. The van der Waals surface area contributed by atoms with Gasteiger partial charge in [-0.3, -0.25) is 4.68 Å². The molecule has 2 rings (SSSR count). The van der Waals surface area contributed by atoms with Gasteiger partial charge in [0.1, 0.15) is 0 Å². The van der Waals surface area contributed by atoms with Gasteiger partial charge >= 0.3 is 0 Å². The van der Waals surface area contributed by atoms with E-state index >= 15 is 0 Å². The fourth-order valence-electron chi connectivity index (χ4n) is 1.73. The van der Waals surface area contributed by atoms with Crippen molar-refractivity contribution in [3.63, 3.8) is 0 Å². The smallest absolute Gasteiger partial charge is 0.0537 e. The molecule has 0 saturated heterocycles. The zero-order valence-electron chi connectivity index (χ0n) is 8.33. The van der Waals surface area contributed by atoms with E-state index in [0.29, 0.717) is 6.04 Å². The molecule has 1 unspecified atom stereocenters. The van der Waals surface area contributed by atoms with E-state index in [1.807, 2.05) is 25.0 Å². The molecule has 0 radical (unpaired) electrons. The Balaban J connectivity index is 2.01. The first kappa shape index (κ1) is 8.75. The van der Waals surface area contributed by atoms with Gasteiger partial charge in [-0.05, 0) is 19.4 Å². The van der Waals surface area contributed by atoms with E-state index in [-0.39, 0.29) is 0 Å². The van der Waals surface area contributed by atoms with Gasteiger partial charge in [0.05, 0.1) is 6.20 Å². The molecule has 1 aromatic rings. The Morgan fingerprint density at radius 2 is 2.46 bits per heavy atom. The maximum absolute atomic E-state index is 4.19. The zero-order chi connectivity index (χ0) is 9.26. The highest BCUT2D eigenvalue weighted by Crippen LogP contribution is 2.37. The number of nitrogens with zero attached hydrogens (tertiary/aromatic N) is 2. The van der Waals surface area contributed by atoms with E-state index in [2.05, 4.69) is 16.6 Å². The van der Waals surface area contributed by atoms with Gasteiger partial charge in [0, 0.05) is 24.8 Å². The van der Waals surface area contributed by atoms with Crippen molar-refractivity contribution in [3.05, 3.63) is 18.0 Å². The number of rotatable bonds is 4. The van der Waals surface area contributed by atoms with E-state index < -0.39 is 0 Å². The van der Waals surface area contributed by atoms with Crippen molar-refractivity contribution in [1.29, 1.82) is 0 Å². The second-order valence-corrected chi connectivity index (χ2v) is 3.97. The first-order chi connectivity index (χ1) is 6.29. The highest BCUT2D eigenvalue weighted by atomic mass is 15.2. The molecule has 1 aliphatic rings. The van der Waals surface area contributed by atoms with Crippen molar-refractivity contribution < 1.29 is 0 Å². The van der Waals surface area contributed by atoms with Gasteiger partial charge in [-0.25, -0.2) is 0 Å². The SMILES string of the molecule is CNC(CC1CC1)c1cnn(C)c1. The van der Waals surface area contributed by atoms with Crippen LogP contribution in [0.2, 0.25) is 0 Å². The van der Waals surface area contributed by atoms with Crippen LogP contribution in [0.1, 0.15) is 30.9 Å². The molecule has 1 aromatic heterocycles. The Morgan fingerprint density at radius 3 is 2.92 bits per heavy atom. The van der Waals surface area contributed by atoms with Crippen LogP contribution in [0.4, 0.5) is 0 Å². The summed E-state index contributed by atoms with van der Waals surface area (Å²) in [4.78, 5) is 0. The highest BCUT2D eigenvalue weighted by molar-refractivity contribution is 5.10. The summed E-state index contributed by atoms with van der Waals surface area (Å²) < 4.78 is 1.87. The van der Waals surface area contributed by atoms with Crippen LogP contribution in [0.5, 0.6) is 0 Å². The van der Waals surface area contributed by atoms with Crippen LogP contribution >= 0.6 is 0 Å². The summed E-state index contributed by atoms with van der Waals surface area (Å²) in [6.45, 7) is 0. The fourth-order valence-corrected chi connectivity index (χ4v) is 1.73. The summed E-state index contributed by atoms with van der Waals surface area (Å²) in [6, 6.07) is 0.501. The van der Waals surface area contributed by atoms with Crippen LogP contribution in [-0.4, -0.2) is 16.8 Å². The van der Waals surface area contributed by atoms with Crippen LogP contribution in [-0.2, 0) is 7.05 Å². The molecule has 1 heterocycles. The predicted molar refractivity (Wildman–Crippen MR) is 52.3 cm³/mol. The van der Waals surface area contributed by atoms with E-state index in [1.54, 1.807) is 0 Å². The van der Waals surface area contributed by atoms with Crippen molar-refractivity contribution >= 4 is 0 Å². The molecule has 1 fully saturated rings. The third-order valence-corrected chi connectivity index (χ3v) is 2.74. The lowest BCUT2D eigenvalue weighted by atomic mass is 10.1. The van der Waals surface area contributed by atoms with Crippen molar-refractivity contribution in [3.8, 4) is 0 Å². The molecular formula is C10H17N3. The topological polar surface area (TPSA) is 29.9 Å². The van der Waals surface area contributed by atoms with Gasteiger partial charge in [-0.1, -0.05) is 12.8 Å². The summed E-state index contributed by atoms with van der Waals surface area (Å²) in [6.07, 6.45) is 8.16. The Bertz CT molecular complexity index is 275. The van der Waals surface area contributed by atoms with Crippen LogP contribution in [0, 0.1) is 5.92 Å². The Hall–Kier alpha value is -0.830. The number of hydrogen-bond donors (Lipinski definition) is 1. The summed E-state index contributed by atoms with van der Waals surface area (Å²) >= 11 is 0. The minimum absolute atomic E-state index is 0.501. The molecule has 1 atom stereocenters. The summed E-state index contributed by atoms with van der Waals surface area (Å²) in [7, 11) is 3.99. The second kappa shape index (κ2) is 3.50. The average Bonchev–Trinajstić information content (AvgIpc) is 2.84. The lowest BCUT2D eigenvalue weighted by Gasteiger charge is -2.13. The minimum Gasteiger partial charge on any atom is -0.313 e. The van der Waals surface area contributed by atoms with E-state index in [9.17, 15) is 0 Å². The Morgan fingerprint density at radius 1 is 1.69 bits per heavy atom. The standard InChI is InChI=1S/C10H17N3/c1-11-10(5-8-3-4-8)9-6-12-13(2)7-9/h6-8,10-11H,3-5H2,1-2H3. The third-order valence-electron chi connectivity index (χ3n) is 2.74. The van der Waals surface area contributed by atoms with Crippen LogP contribution < -0.4 is 5.32 Å². The van der Waals surface area contributed by atoms with Crippen molar-refractivity contribution in [2.24, 2.45) is 13.0 Å². The van der Waals surface area contributed by atoms with Gasteiger partial charge in [-0.15, -0.1) is 0 Å². The molecule has 3 nitrogen and oxygen atoms in total. The second-order valence-electron chi connectivity index (χ2n) is 3.97. The zero-order valence-corrected chi connectivity index (χ0v) is 8.33. The van der Waals surface area contributed by atoms with Crippen LogP contribution in [0.15, 0.2) is 12.4 Å². The lowest BCUT2D eigenvalue weighted by Crippen LogP contribution is -2.16. The summed E-state index contributed by atoms with van der Waals surface area (Å²) in [5.41, 5.74) is 1.32. The summed E-state index contributed by atoms with van der Waals surface area (Å²) in [5.74, 6) is 0.956. The Labute approximate surface area is 79.1 Å². The molecule has 1 aliphatic carbocycles. The Kier molecular flexibility index (Phi) is 2.36. The van der Waals surface area contributed by atoms with Crippen LogP contribution in [0.3, 0.4) is 0 Å². The first-order valence-corrected chi connectivity index (χ1v) is 4.95. The molecule has 13 heavy (non-hydrogen) atoms. The molecule has 3 heteroatoms. The van der Waals surface area contributed by atoms with E-state index in [0.717, 1.165) is 5.92 Å². The molecule has 0 bridgehead atoms. The van der Waals surface area contributed by atoms with E-state index in [4.69, 9.17) is 0 Å².